The zero-order chi connectivity index (χ0) is 22.1. The van der Waals surface area contributed by atoms with E-state index in [1.807, 2.05) is 17.0 Å². The van der Waals surface area contributed by atoms with Gasteiger partial charge in [0, 0.05) is 30.3 Å². The van der Waals surface area contributed by atoms with Crippen molar-refractivity contribution in [2.45, 2.75) is 52.0 Å². The number of rotatable bonds is 4. The number of likely N-dealkylation sites (tertiary alicyclic amines) is 2. The Bertz CT molecular complexity index is 1010. The summed E-state index contributed by atoms with van der Waals surface area (Å²) in [5, 5.41) is 0. The number of hydrogen-bond acceptors (Lipinski definition) is 3. The van der Waals surface area contributed by atoms with Crippen molar-refractivity contribution in [3.8, 4) is 0 Å². The lowest BCUT2D eigenvalue weighted by Gasteiger charge is -2.41. The van der Waals surface area contributed by atoms with E-state index in [9.17, 15) is 4.79 Å². The number of hydrogen-bond donors (Lipinski definition) is 0. The van der Waals surface area contributed by atoms with Crippen LogP contribution in [-0.2, 0) is 4.79 Å². The summed E-state index contributed by atoms with van der Waals surface area (Å²) in [5.41, 5.74) is 6.47. The molecule has 0 aromatic heterocycles. The molecule has 0 spiro atoms. The Morgan fingerprint density at radius 2 is 1.69 bits per heavy atom. The molecule has 3 aliphatic rings. The fourth-order valence-corrected chi connectivity index (χ4v) is 5.57. The van der Waals surface area contributed by atoms with Gasteiger partial charge in [0.05, 0.1) is 12.4 Å². The molecule has 4 heteroatoms. The van der Waals surface area contributed by atoms with Gasteiger partial charge in [-0.2, -0.15) is 0 Å². The van der Waals surface area contributed by atoms with Gasteiger partial charge in [-0.15, -0.1) is 0 Å². The Morgan fingerprint density at radius 1 is 0.938 bits per heavy atom. The van der Waals surface area contributed by atoms with E-state index < -0.39 is 0 Å². The van der Waals surface area contributed by atoms with E-state index in [1.165, 1.54) is 56.3 Å². The minimum absolute atomic E-state index is 0.130. The Balaban J connectivity index is 1.33. The van der Waals surface area contributed by atoms with Crippen molar-refractivity contribution in [1.29, 1.82) is 0 Å². The lowest BCUT2D eigenvalue weighted by atomic mass is 10.00. The van der Waals surface area contributed by atoms with Crippen molar-refractivity contribution in [2.24, 2.45) is 0 Å². The third-order valence-electron chi connectivity index (χ3n) is 7.50. The van der Waals surface area contributed by atoms with Crippen LogP contribution in [0.15, 0.2) is 42.5 Å². The number of fused-ring (bicyclic) bond motifs is 1. The molecule has 168 valence electrons. The number of aryl methyl sites for hydroxylation is 2. The number of anilines is 1. The predicted molar refractivity (Wildman–Crippen MR) is 133 cm³/mol. The van der Waals surface area contributed by atoms with Crippen molar-refractivity contribution in [3.05, 3.63) is 64.7 Å². The third kappa shape index (κ3) is 4.26. The quantitative estimate of drug-likeness (QED) is 0.633. The summed E-state index contributed by atoms with van der Waals surface area (Å²) in [6, 6.07) is 15.4. The van der Waals surface area contributed by atoms with Crippen LogP contribution in [0, 0.1) is 13.8 Å². The first-order chi connectivity index (χ1) is 15.6. The maximum Gasteiger partial charge on any atom is 0.260 e. The molecule has 0 atom stereocenters. The number of benzene rings is 2. The van der Waals surface area contributed by atoms with Gasteiger partial charge < -0.3 is 4.90 Å². The van der Waals surface area contributed by atoms with E-state index in [-0.39, 0.29) is 5.91 Å². The number of nitrogens with zero attached hydrogens (tertiary/aromatic N) is 3. The molecule has 3 aliphatic heterocycles. The predicted octanol–water partition coefficient (Wildman–Crippen LogP) is 5.10. The highest BCUT2D eigenvalue weighted by Crippen LogP contribution is 2.38. The van der Waals surface area contributed by atoms with Gasteiger partial charge in [0.25, 0.3) is 5.91 Å². The van der Waals surface area contributed by atoms with E-state index in [1.54, 1.807) is 0 Å². The molecule has 0 aliphatic carbocycles. The largest absolute Gasteiger partial charge is 0.300 e. The molecular weight excluding hydrogens is 394 g/mol. The van der Waals surface area contributed by atoms with Crippen molar-refractivity contribution in [1.82, 2.24) is 9.80 Å². The highest BCUT2D eigenvalue weighted by molar-refractivity contribution is 6.35. The number of carbonyl (C=O) groups excluding carboxylic acids is 1. The normalized spacial score (nSPS) is 22.0. The van der Waals surface area contributed by atoms with Crippen LogP contribution < -0.4 is 4.90 Å². The lowest BCUT2D eigenvalue weighted by Crippen LogP contribution is -2.49. The van der Waals surface area contributed by atoms with E-state index in [0.29, 0.717) is 6.67 Å². The van der Waals surface area contributed by atoms with Crippen LogP contribution in [0.2, 0.25) is 0 Å². The molecule has 0 bridgehead atoms. The molecule has 0 unspecified atom stereocenters. The first kappa shape index (κ1) is 21.4. The molecule has 0 saturated carbocycles. The van der Waals surface area contributed by atoms with Crippen LogP contribution in [0.3, 0.4) is 0 Å². The molecule has 0 N–H and O–H groups in total. The average Bonchev–Trinajstić information content (AvgIpc) is 3.08. The summed E-state index contributed by atoms with van der Waals surface area (Å²) in [6.45, 7) is 9.59. The first-order valence-corrected chi connectivity index (χ1v) is 12.3. The second-order valence-electron chi connectivity index (χ2n) is 9.76. The van der Waals surface area contributed by atoms with E-state index in [2.05, 4.69) is 60.1 Å². The SMILES string of the molecule is Cc1ccc(C)c(/C=C2/C(=O)N(CN3CCC(N4CCCCC4)CC3)c3ccccc32)c1. The fourth-order valence-electron chi connectivity index (χ4n) is 5.57. The maximum absolute atomic E-state index is 13.6. The minimum Gasteiger partial charge on any atom is -0.300 e. The molecule has 1 amide bonds. The zero-order valence-electron chi connectivity index (χ0n) is 19.5. The minimum atomic E-state index is 0.130. The highest BCUT2D eigenvalue weighted by Gasteiger charge is 2.34. The number of amides is 1. The third-order valence-corrected chi connectivity index (χ3v) is 7.50. The van der Waals surface area contributed by atoms with E-state index >= 15 is 0 Å². The van der Waals surface area contributed by atoms with Crippen molar-refractivity contribution in [3.63, 3.8) is 0 Å². The van der Waals surface area contributed by atoms with Crippen LogP contribution >= 0.6 is 0 Å². The fraction of sp³-hybridized carbons (Fsp3) is 0.464. The Kier molecular flexibility index (Phi) is 6.16. The van der Waals surface area contributed by atoms with E-state index in [4.69, 9.17) is 0 Å². The van der Waals surface area contributed by atoms with Crippen LogP contribution in [0.4, 0.5) is 5.69 Å². The summed E-state index contributed by atoms with van der Waals surface area (Å²) in [5.74, 6) is 0.130. The molecule has 0 radical (unpaired) electrons. The summed E-state index contributed by atoms with van der Waals surface area (Å²) in [7, 11) is 0. The van der Waals surface area contributed by atoms with Crippen LogP contribution in [0.1, 0.15) is 54.4 Å². The molecule has 2 saturated heterocycles. The molecule has 2 fully saturated rings. The summed E-state index contributed by atoms with van der Waals surface area (Å²) >= 11 is 0. The lowest BCUT2D eigenvalue weighted by molar-refractivity contribution is -0.113. The highest BCUT2D eigenvalue weighted by atomic mass is 16.2. The first-order valence-electron chi connectivity index (χ1n) is 12.3. The summed E-state index contributed by atoms with van der Waals surface area (Å²) < 4.78 is 0. The molecule has 5 rings (SSSR count). The molecule has 4 nitrogen and oxygen atoms in total. The second-order valence-corrected chi connectivity index (χ2v) is 9.76. The van der Waals surface area contributed by atoms with Gasteiger partial charge in [0.1, 0.15) is 0 Å². The molecule has 2 aromatic carbocycles. The Hall–Kier alpha value is -2.43. The molecule has 3 heterocycles. The van der Waals surface area contributed by atoms with Crippen LogP contribution in [-0.4, -0.2) is 54.6 Å². The van der Waals surface area contributed by atoms with Gasteiger partial charge in [-0.3, -0.25) is 14.6 Å². The van der Waals surface area contributed by atoms with Crippen molar-refractivity contribution < 1.29 is 4.79 Å². The van der Waals surface area contributed by atoms with Crippen LogP contribution in [0.25, 0.3) is 11.6 Å². The summed E-state index contributed by atoms with van der Waals surface area (Å²) in [4.78, 5) is 20.7. The molecule has 32 heavy (non-hydrogen) atoms. The van der Waals surface area contributed by atoms with Crippen molar-refractivity contribution in [2.75, 3.05) is 37.7 Å². The van der Waals surface area contributed by atoms with Gasteiger partial charge in [0.2, 0.25) is 0 Å². The number of para-hydroxylation sites is 1. The maximum atomic E-state index is 13.6. The zero-order valence-corrected chi connectivity index (χ0v) is 19.5. The number of piperidine rings is 2. The second kappa shape index (κ2) is 9.21. The van der Waals surface area contributed by atoms with Gasteiger partial charge >= 0.3 is 0 Å². The Morgan fingerprint density at radius 3 is 2.47 bits per heavy atom. The van der Waals surface area contributed by atoms with E-state index in [0.717, 1.165) is 41.5 Å². The van der Waals surface area contributed by atoms with Gasteiger partial charge in [-0.1, -0.05) is 48.4 Å². The average molecular weight is 430 g/mol. The molecule has 2 aromatic rings. The molecular formula is C28H35N3O. The van der Waals surface area contributed by atoms with Gasteiger partial charge in [-0.05, 0) is 75.9 Å². The smallest absolute Gasteiger partial charge is 0.260 e. The topological polar surface area (TPSA) is 26.8 Å². The summed E-state index contributed by atoms with van der Waals surface area (Å²) in [6.07, 6.45) is 8.63. The Labute approximate surface area is 192 Å². The monoisotopic (exact) mass is 429 g/mol. The van der Waals surface area contributed by atoms with Crippen LogP contribution in [0.5, 0.6) is 0 Å². The standard InChI is InChI=1S/C28H35N3O/c1-21-10-11-22(2)23(18-21)19-26-25-8-4-5-9-27(25)31(28(26)32)20-29-16-12-24(13-17-29)30-14-6-3-7-15-30/h4-5,8-11,18-19,24H,3,6-7,12-17,20H2,1-2H3/b26-19+. The van der Waals surface area contributed by atoms with Gasteiger partial charge in [-0.25, -0.2) is 0 Å². The van der Waals surface area contributed by atoms with Crippen molar-refractivity contribution >= 4 is 23.2 Å². The number of carbonyl (C=O) groups is 1. The van der Waals surface area contributed by atoms with Gasteiger partial charge in [0.15, 0.2) is 0 Å².